The average Bonchev–Trinajstić information content (AvgIpc) is 3.11. The van der Waals surface area contributed by atoms with E-state index in [1.54, 1.807) is 37.3 Å². The van der Waals surface area contributed by atoms with Gasteiger partial charge in [0.25, 0.3) is 0 Å². The minimum atomic E-state index is -0.563. The zero-order valence-electron chi connectivity index (χ0n) is 14.0. The second-order valence-electron chi connectivity index (χ2n) is 5.47. The molecule has 0 fully saturated rings. The monoisotopic (exact) mass is 345 g/mol. The quantitative estimate of drug-likeness (QED) is 0.521. The number of aromatic nitrogens is 4. The summed E-state index contributed by atoms with van der Waals surface area (Å²) < 4.78 is 6.74. The zero-order valence-corrected chi connectivity index (χ0v) is 14.0. The van der Waals surface area contributed by atoms with Gasteiger partial charge in [-0.05, 0) is 46.7 Å². The van der Waals surface area contributed by atoms with E-state index in [4.69, 9.17) is 10.00 Å². The highest BCUT2D eigenvalue weighted by atomic mass is 16.5. The van der Waals surface area contributed by atoms with E-state index in [9.17, 15) is 4.79 Å². The van der Waals surface area contributed by atoms with Gasteiger partial charge in [0.2, 0.25) is 0 Å². The highest BCUT2D eigenvalue weighted by molar-refractivity contribution is 6.15. The molecule has 0 saturated heterocycles. The molecule has 7 heteroatoms. The fourth-order valence-corrected chi connectivity index (χ4v) is 2.32. The number of carbonyl (C=O) groups is 1. The summed E-state index contributed by atoms with van der Waals surface area (Å²) in [6.07, 6.45) is 1.66. The molecule has 0 aliphatic carbocycles. The van der Waals surface area contributed by atoms with E-state index in [1.807, 2.05) is 30.3 Å². The van der Waals surface area contributed by atoms with Gasteiger partial charge < -0.3 is 4.74 Å². The average molecular weight is 345 g/mol. The van der Waals surface area contributed by atoms with Crippen molar-refractivity contribution in [2.24, 2.45) is 0 Å². The van der Waals surface area contributed by atoms with E-state index in [0.29, 0.717) is 11.4 Å². The van der Waals surface area contributed by atoms with Crippen LogP contribution in [-0.2, 0) is 16.1 Å². The van der Waals surface area contributed by atoms with Crippen molar-refractivity contribution in [3.05, 3.63) is 77.1 Å². The third kappa shape index (κ3) is 3.99. The van der Waals surface area contributed by atoms with Crippen LogP contribution in [0.5, 0.6) is 0 Å². The van der Waals surface area contributed by atoms with Gasteiger partial charge in [0.15, 0.2) is 11.5 Å². The standard InChI is InChI=1S/C19H15N5O2/c1-14-21-22-23-24(14)18(11-15-6-3-2-4-7-15)19(25)26-13-17-9-5-8-16(10-17)12-20/h2-11H,13H2,1H3/b18-11-. The molecule has 0 bridgehead atoms. The number of carbonyl (C=O) groups excluding carboxylic acids is 1. The number of benzene rings is 2. The van der Waals surface area contributed by atoms with Crippen molar-refractivity contribution < 1.29 is 9.53 Å². The van der Waals surface area contributed by atoms with E-state index in [-0.39, 0.29) is 12.3 Å². The molecule has 0 aliphatic heterocycles. The molecule has 0 unspecified atom stereocenters. The lowest BCUT2D eigenvalue weighted by atomic mass is 10.1. The molecule has 0 aliphatic rings. The van der Waals surface area contributed by atoms with Crippen LogP contribution in [0.25, 0.3) is 11.8 Å². The van der Waals surface area contributed by atoms with Crippen LogP contribution in [0, 0.1) is 18.3 Å². The van der Waals surface area contributed by atoms with Crippen molar-refractivity contribution in [3.8, 4) is 6.07 Å². The van der Waals surface area contributed by atoms with Crippen molar-refractivity contribution >= 4 is 17.7 Å². The van der Waals surface area contributed by atoms with E-state index >= 15 is 0 Å². The summed E-state index contributed by atoms with van der Waals surface area (Å²) in [5.41, 5.74) is 2.26. The summed E-state index contributed by atoms with van der Waals surface area (Å²) in [7, 11) is 0. The van der Waals surface area contributed by atoms with Crippen LogP contribution in [0.15, 0.2) is 54.6 Å². The number of hydrogen-bond acceptors (Lipinski definition) is 6. The first kappa shape index (κ1) is 17.0. The molecule has 128 valence electrons. The van der Waals surface area contributed by atoms with Gasteiger partial charge in [0.1, 0.15) is 6.61 Å². The first-order valence-electron chi connectivity index (χ1n) is 7.85. The fourth-order valence-electron chi connectivity index (χ4n) is 2.32. The smallest absolute Gasteiger partial charge is 0.357 e. The molecular formula is C19H15N5O2. The molecular weight excluding hydrogens is 330 g/mol. The molecule has 1 aromatic heterocycles. The maximum absolute atomic E-state index is 12.7. The Morgan fingerprint density at radius 3 is 2.73 bits per heavy atom. The largest absolute Gasteiger partial charge is 0.456 e. The Labute approximate surface area is 150 Å². The minimum absolute atomic E-state index is 0.0433. The van der Waals surface area contributed by atoms with Gasteiger partial charge in [-0.1, -0.05) is 42.5 Å². The summed E-state index contributed by atoms with van der Waals surface area (Å²) >= 11 is 0. The van der Waals surface area contributed by atoms with Crippen LogP contribution < -0.4 is 0 Å². The summed E-state index contributed by atoms with van der Waals surface area (Å²) in [5.74, 6) is -0.0952. The van der Waals surface area contributed by atoms with Crippen molar-refractivity contribution in [1.82, 2.24) is 20.2 Å². The lowest BCUT2D eigenvalue weighted by Crippen LogP contribution is -2.15. The number of esters is 1. The molecule has 0 saturated carbocycles. The van der Waals surface area contributed by atoms with Gasteiger partial charge in [-0.2, -0.15) is 9.94 Å². The lowest BCUT2D eigenvalue weighted by molar-refractivity contribution is -0.138. The number of aryl methyl sites for hydroxylation is 1. The molecule has 26 heavy (non-hydrogen) atoms. The number of ether oxygens (including phenoxy) is 1. The van der Waals surface area contributed by atoms with Crippen LogP contribution in [0.3, 0.4) is 0 Å². The summed E-state index contributed by atoms with van der Waals surface area (Å²) in [6, 6.07) is 18.3. The minimum Gasteiger partial charge on any atom is -0.456 e. The second-order valence-corrected chi connectivity index (χ2v) is 5.47. The van der Waals surface area contributed by atoms with E-state index in [1.165, 1.54) is 4.68 Å². The Bertz CT molecular complexity index is 986. The topological polar surface area (TPSA) is 93.7 Å². The molecule has 3 rings (SSSR count). The lowest BCUT2D eigenvalue weighted by Gasteiger charge is -2.09. The predicted octanol–water partition coefficient (Wildman–Crippen LogP) is 2.59. The third-order valence-corrected chi connectivity index (χ3v) is 3.59. The summed E-state index contributed by atoms with van der Waals surface area (Å²) in [6.45, 7) is 1.74. The number of rotatable bonds is 5. The van der Waals surface area contributed by atoms with Crippen molar-refractivity contribution in [1.29, 1.82) is 5.26 Å². The molecule has 0 atom stereocenters. The molecule has 0 spiro atoms. The van der Waals surface area contributed by atoms with Crippen LogP contribution in [0.2, 0.25) is 0 Å². The number of tetrazole rings is 1. The summed E-state index contributed by atoms with van der Waals surface area (Å²) in [5, 5.41) is 20.2. The zero-order chi connectivity index (χ0) is 18.4. The molecule has 1 heterocycles. The first-order chi connectivity index (χ1) is 12.7. The molecule has 7 nitrogen and oxygen atoms in total. The Hall–Kier alpha value is -3.79. The molecule has 0 radical (unpaired) electrons. The molecule has 2 aromatic carbocycles. The van der Waals surface area contributed by atoms with E-state index in [0.717, 1.165) is 11.1 Å². The second kappa shape index (κ2) is 7.85. The van der Waals surface area contributed by atoms with Gasteiger partial charge >= 0.3 is 5.97 Å². The van der Waals surface area contributed by atoms with Gasteiger partial charge in [-0.15, -0.1) is 5.10 Å². The predicted molar refractivity (Wildman–Crippen MR) is 94.1 cm³/mol. The van der Waals surface area contributed by atoms with E-state index in [2.05, 4.69) is 21.6 Å². The highest BCUT2D eigenvalue weighted by Gasteiger charge is 2.18. The highest BCUT2D eigenvalue weighted by Crippen LogP contribution is 2.15. The Balaban J connectivity index is 1.85. The van der Waals surface area contributed by atoms with Crippen LogP contribution in [0.1, 0.15) is 22.5 Å². The van der Waals surface area contributed by atoms with Gasteiger partial charge in [0.05, 0.1) is 11.6 Å². The van der Waals surface area contributed by atoms with Gasteiger partial charge in [-0.3, -0.25) is 0 Å². The van der Waals surface area contributed by atoms with Crippen molar-refractivity contribution in [2.75, 3.05) is 0 Å². The SMILES string of the molecule is Cc1nnnn1/C(=C\c1ccccc1)C(=O)OCc1cccc(C#N)c1. The van der Waals surface area contributed by atoms with Gasteiger partial charge in [0, 0.05) is 0 Å². The molecule has 3 aromatic rings. The van der Waals surface area contributed by atoms with Crippen LogP contribution >= 0.6 is 0 Å². The van der Waals surface area contributed by atoms with Crippen molar-refractivity contribution in [2.45, 2.75) is 13.5 Å². The van der Waals surface area contributed by atoms with Crippen LogP contribution in [-0.4, -0.2) is 26.2 Å². The van der Waals surface area contributed by atoms with Gasteiger partial charge in [-0.25, -0.2) is 4.79 Å². The molecule has 0 N–H and O–H groups in total. The van der Waals surface area contributed by atoms with Crippen molar-refractivity contribution in [3.63, 3.8) is 0 Å². The molecule has 0 amide bonds. The fraction of sp³-hybridized carbons (Fsp3) is 0.105. The van der Waals surface area contributed by atoms with E-state index < -0.39 is 5.97 Å². The maximum Gasteiger partial charge on any atom is 0.357 e. The summed E-state index contributed by atoms with van der Waals surface area (Å²) in [4.78, 5) is 12.7. The number of nitriles is 1. The Morgan fingerprint density at radius 2 is 2.04 bits per heavy atom. The normalized spacial score (nSPS) is 11.0. The Morgan fingerprint density at radius 1 is 1.23 bits per heavy atom. The third-order valence-electron chi connectivity index (χ3n) is 3.59. The number of nitrogens with zero attached hydrogens (tertiary/aromatic N) is 5. The number of hydrogen-bond donors (Lipinski definition) is 0. The first-order valence-corrected chi connectivity index (χ1v) is 7.85. The maximum atomic E-state index is 12.7. The Kier molecular flexibility index (Phi) is 5.15. The van der Waals surface area contributed by atoms with Crippen LogP contribution in [0.4, 0.5) is 0 Å².